The minimum atomic E-state index is -4.63. The van der Waals surface area contributed by atoms with Gasteiger partial charge >= 0.3 is 6.18 Å². The summed E-state index contributed by atoms with van der Waals surface area (Å²) in [6, 6.07) is 6.68. The molecule has 0 aliphatic heterocycles. The van der Waals surface area contributed by atoms with Crippen molar-refractivity contribution in [3.8, 4) is 0 Å². The van der Waals surface area contributed by atoms with Gasteiger partial charge in [-0.2, -0.15) is 18.3 Å². The summed E-state index contributed by atoms with van der Waals surface area (Å²) in [6.07, 6.45) is -3.41. The Morgan fingerprint density at radius 1 is 1.25 bits per heavy atom. The molecule has 1 unspecified atom stereocenters. The van der Waals surface area contributed by atoms with Gasteiger partial charge in [0.05, 0.1) is 15.6 Å². The fourth-order valence-corrected chi connectivity index (χ4v) is 3.97. The lowest BCUT2D eigenvalue weighted by Crippen LogP contribution is -2.25. The van der Waals surface area contributed by atoms with Crippen molar-refractivity contribution in [2.24, 2.45) is 0 Å². The molecule has 1 heterocycles. The first-order valence-electron chi connectivity index (χ1n) is 8.87. The molecule has 10 heteroatoms. The molecule has 1 atom stereocenters. The maximum atomic E-state index is 12.8. The van der Waals surface area contributed by atoms with Crippen molar-refractivity contribution in [3.05, 3.63) is 46.2 Å². The van der Waals surface area contributed by atoms with Crippen molar-refractivity contribution >= 4 is 21.6 Å². The van der Waals surface area contributed by atoms with Crippen LogP contribution in [-0.2, 0) is 22.7 Å². The molecule has 1 aromatic carbocycles. The lowest BCUT2D eigenvalue weighted by molar-refractivity contribution is -0.141. The number of nitrogens with one attached hydrogen (secondary N) is 1. The molecule has 28 heavy (non-hydrogen) atoms. The van der Waals surface area contributed by atoms with Gasteiger partial charge in [0.2, 0.25) is 10.0 Å². The summed E-state index contributed by atoms with van der Waals surface area (Å²) in [4.78, 5) is 0.150. The van der Waals surface area contributed by atoms with E-state index in [9.17, 15) is 21.6 Å². The number of halogens is 4. The number of sulfonamides is 1. The average Bonchev–Trinajstić information content (AvgIpc) is 2.93. The van der Waals surface area contributed by atoms with E-state index in [4.69, 9.17) is 11.6 Å². The van der Waals surface area contributed by atoms with Crippen LogP contribution in [0.4, 0.5) is 13.2 Å². The number of hydrogen-bond donors (Lipinski definition) is 1. The highest BCUT2D eigenvalue weighted by Gasteiger charge is 2.38. The van der Waals surface area contributed by atoms with Crippen molar-refractivity contribution in [3.63, 3.8) is 0 Å². The van der Waals surface area contributed by atoms with Gasteiger partial charge in [0.25, 0.3) is 0 Å². The quantitative estimate of drug-likeness (QED) is 0.606. The Hall–Kier alpha value is -1.58. The van der Waals surface area contributed by atoms with Gasteiger partial charge in [-0.15, -0.1) is 0 Å². The van der Waals surface area contributed by atoms with Gasteiger partial charge in [0, 0.05) is 13.1 Å². The summed E-state index contributed by atoms with van der Waals surface area (Å²) in [6.45, 7) is 5.73. The van der Waals surface area contributed by atoms with Gasteiger partial charge in [-0.05, 0) is 43.4 Å². The molecule has 0 aliphatic carbocycles. The largest absolute Gasteiger partial charge is 0.436 e. The van der Waals surface area contributed by atoms with Crippen LogP contribution in [0.15, 0.2) is 29.2 Å². The first-order chi connectivity index (χ1) is 13.0. The van der Waals surface area contributed by atoms with Gasteiger partial charge in [-0.1, -0.05) is 37.6 Å². The second-order valence-corrected chi connectivity index (χ2v) is 8.74. The van der Waals surface area contributed by atoms with E-state index in [1.165, 1.54) is 6.92 Å². The van der Waals surface area contributed by atoms with Crippen molar-refractivity contribution in [2.75, 3.05) is 6.54 Å². The van der Waals surface area contributed by atoms with Gasteiger partial charge in [-0.3, -0.25) is 4.68 Å². The topological polar surface area (TPSA) is 64.0 Å². The fraction of sp³-hybridized carbons (Fsp3) is 0.500. The first kappa shape index (κ1) is 22.7. The zero-order valence-corrected chi connectivity index (χ0v) is 17.4. The summed E-state index contributed by atoms with van der Waals surface area (Å²) >= 11 is 5.69. The Morgan fingerprint density at radius 3 is 2.36 bits per heavy atom. The third-order valence-electron chi connectivity index (χ3n) is 4.61. The van der Waals surface area contributed by atoms with E-state index in [1.54, 1.807) is 24.3 Å². The van der Waals surface area contributed by atoms with Crippen LogP contribution in [0.2, 0.25) is 5.02 Å². The van der Waals surface area contributed by atoms with Crippen LogP contribution < -0.4 is 4.72 Å². The molecule has 2 rings (SSSR count). The molecule has 0 fully saturated rings. The standard InChI is InChI=1S/C18H23ClF3N3O2S/c1-4-12(2)14-6-8-15(9-7-14)28(26,27)23-10-5-11-25-13(3)16(19)17(24-25)18(20,21)22/h6-9,12,23H,4-5,10-11H2,1-3H3. The minimum absolute atomic E-state index is 0.0632. The highest BCUT2D eigenvalue weighted by molar-refractivity contribution is 7.89. The van der Waals surface area contributed by atoms with Gasteiger partial charge in [0.1, 0.15) is 0 Å². The SMILES string of the molecule is CCC(C)c1ccc(S(=O)(=O)NCCCn2nc(C(F)(F)F)c(Cl)c2C)cc1. The number of rotatable bonds is 8. The van der Waals surface area contributed by atoms with Crippen molar-refractivity contribution in [2.45, 2.75) is 57.1 Å². The second-order valence-electron chi connectivity index (χ2n) is 6.60. The van der Waals surface area contributed by atoms with Crippen molar-refractivity contribution in [1.82, 2.24) is 14.5 Å². The molecule has 5 nitrogen and oxygen atoms in total. The Labute approximate surface area is 167 Å². The lowest BCUT2D eigenvalue weighted by atomic mass is 9.99. The highest BCUT2D eigenvalue weighted by atomic mass is 35.5. The Balaban J connectivity index is 1.96. The normalized spacial score (nSPS) is 13.7. The summed E-state index contributed by atoms with van der Waals surface area (Å²) in [5.74, 6) is 0.343. The van der Waals surface area contributed by atoms with Gasteiger partial charge in [-0.25, -0.2) is 13.1 Å². The molecule has 0 radical (unpaired) electrons. The third-order valence-corrected chi connectivity index (χ3v) is 6.54. The second kappa shape index (κ2) is 8.84. The van der Waals surface area contributed by atoms with Crippen LogP contribution in [-0.4, -0.2) is 24.7 Å². The Kier molecular flexibility index (Phi) is 7.17. The maximum Gasteiger partial charge on any atom is 0.436 e. The predicted molar refractivity (Wildman–Crippen MR) is 102 cm³/mol. The summed E-state index contributed by atoms with van der Waals surface area (Å²) < 4.78 is 66.8. The van der Waals surface area contributed by atoms with E-state index >= 15 is 0 Å². The predicted octanol–water partition coefficient (Wildman–Crippen LogP) is 4.75. The van der Waals surface area contributed by atoms with E-state index in [0.29, 0.717) is 5.92 Å². The monoisotopic (exact) mass is 437 g/mol. The molecular weight excluding hydrogens is 415 g/mol. The van der Waals surface area contributed by atoms with Crippen LogP contribution >= 0.6 is 11.6 Å². The molecule has 1 aromatic heterocycles. The number of hydrogen-bond acceptors (Lipinski definition) is 3. The zero-order valence-electron chi connectivity index (χ0n) is 15.8. The molecule has 0 saturated carbocycles. The van der Waals surface area contributed by atoms with E-state index in [2.05, 4.69) is 23.7 Å². The third kappa shape index (κ3) is 5.27. The number of nitrogens with zero attached hydrogens (tertiary/aromatic N) is 2. The Morgan fingerprint density at radius 2 is 1.86 bits per heavy atom. The smallest absolute Gasteiger partial charge is 0.268 e. The summed E-state index contributed by atoms with van der Waals surface area (Å²) in [5.41, 5.74) is 0.124. The summed E-state index contributed by atoms with van der Waals surface area (Å²) in [7, 11) is -3.69. The van der Waals surface area contributed by atoms with Crippen molar-refractivity contribution in [1.29, 1.82) is 0 Å². The number of alkyl halides is 3. The molecule has 2 aromatic rings. The van der Waals surface area contributed by atoms with Crippen LogP contribution in [0.3, 0.4) is 0 Å². The van der Waals surface area contributed by atoms with E-state index in [-0.39, 0.29) is 30.1 Å². The van der Waals surface area contributed by atoms with E-state index < -0.39 is 26.9 Å². The Bertz CT molecular complexity index is 909. The molecular formula is C18H23ClF3N3O2S. The molecule has 156 valence electrons. The average molecular weight is 438 g/mol. The van der Waals surface area contributed by atoms with Crippen LogP contribution in [0, 0.1) is 6.92 Å². The van der Waals surface area contributed by atoms with Crippen LogP contribution in [0.5, 0.6) is 0 Å². The summed E-state index contributed by atoms with van der Waals surface area (Å²) in [5, 5.41) is 3.05. The molecule has 0 amide bonds. The van der Waals surface area contributed by atoms with Gasteiger partial charge < -0.3 is 0 Å². The molecule has 0 spiro atoms. The number of aromatic nitrogens is 2. The van der Waals surface area contributed by atoms with E-state index in [0.717, 1.165) is 16.7 Å². The number of aryl methyl sites for hydroxylation is 1. The van der Waals surface area contributed by atoms with Crippen LogP contribution in [0.25, 0.3) is 0 Å². The highest BCUT2D eigenvalue weighted by Crippen LogP contribution is 2.35. The maximum absolute atomic E-state index is 12.8. The van der Waals surface area contributed by atoms with Crippen molar-refractivity contribution < 1.29 is 21.6 Å². The van der Waals surface area contributed by atoms with Crippen LogP contribution in [0.1, 0.15) is 49.6 Å². The molecule has 0 saturated heterocycles. The number of benzene rings is 1. The molecule has 0 aliphatic rings. The molecule has 1 N–H and O–H groups in total. The first-order valence-corrected chi connectivity index (χ1v) is 10.7. The zero-order chi connectivity index (χ0) is 21.1. The molecule has 0 bridgehead atoms. The minimum Gasteiger partial charge on any atom is -0.268 e. The lowest BCUT2D eigenvalue weighted by Gasteiger charge is -2.11. The van der Waals surface area contributed by atoms with Gasteiger partial charge in [0.15, 0.2) is 5.69 Å². The van der Waals surface area contributed by atoms with E-state index in [1.807, 2.05) is 0 Å². The fourth-order valence-electron chi connectivity index (χ4n) is 2.65.